The molecule has 0 amide bonds. The third-order valence-corrected chi connectivity index (χ3v) is 6.03. The van der Waals surface area contributed by atoms with Crippen molar-refractivity contribution >= 4 is 59.4 Å². The Hall–Kier alpha value is -1.99. The number of alkyl halides is 2. The molecule has 0 saturated carbocycles. The zero-order chi connectivity index (χ0) is 18.1. The van der Waals surface area contributed by atoms with Gasteiger partial charge in [-0.3, -0.25) is 15.0 Å². The molecular weight excluding hydrogens is 460 g/mol. The summed E-state index contributed by atoms with van der Waals surface area (Å²) < 4.78 is 0. The van der Waals surface area contributed by atoms with Crippen molar-refractivity contribution in [1.82, 2.24) is 20.4 Å². The molecule has 26 heavy (non-hydrogen) atoms. The smallest absolute Gasteiger partial charge is 0.149 e. The third-order valence-electron chi connectivity index (χ3n) is 4.73. The van der Waals surface area contributed by atoms with Gasteiger partial charge in [0.2, 0.25) is 0 Å². The number of H-pyrrole nitrogens is 2. The number of carbonyl (C=O) groups excluding carboxylic acids is 1. The van der Waals surface area contributed by atoms with Crippen molar-refractivity contribution in [2.24, 2.45) is 0 Å². The number of halogens is 2. The van der Waals surface area contributed by atoms with Crippen LogP contribution in [0, 0.1) is 0 Å². The van der Waals surface area contributed by atoms with E-state index in [4.69, 9.17) is 0 Å². The second-order valence-electron chi connectivity index (χ2n) is 6.25. The van der Waals surface area contributed by atoms with E-state index in [-0.39, 0.29) is 17.6 Å². The monoisotopic (exact) mass is 474 g/mol. The molecule has 132 valence electrons. The SMILES string of the molecule is O=C(C(CBr)c1ccc2cn[nH]c2c1)C(CBr)c1ccc2cn[nH]c2c1. The lowest BCUT2D eigenvalue weighted by atomic mass is 9.85. The minimum atomic E-state index is -0.234. The number of ketones is 1. The first-order chi connectivity index (χ1) is 12.7. The van der Waals surface area contributed by atoms with Crippen molar-refractivity contribution in [3.63, 3.8) is 0 Å². The minimum Gasteiger partial charge on any atom is -0.298 e. The van der Waals surface area contributed by atoms with E-state index in [9.17, 15) is 4.79 Å². The summed E-state index contributed by atoms with van der Waals surface area (Å²) in [6.45, 7) is 0. The van der Waals surface area contributed by atoms with Gasteiger partial charge < -0.3 is 0 Å². The second kappa shape index (κ2) is 7.32. The standard InChI is InChI=1S/C19H16Br2N4O/c20-7-15(11-1-3-13-9-22-24-17(13)5-11)19(26)16(8-21)12-2-4-14-10-23-25-18(14)6-12/h1-6,9-10,15-16H,7-8H2,(H,22,24)(H,23,25). The van der Waals surface area contributed by atoms with Gasteiger partial charge in [-0.15, -0.1) is 0 Å². The van der Waals surface area contributed by atoms with Crippen LogP contribution in [0.3, 0.4) is 0 Å². The Kier molecular flexibility index (Phi) is 4.91. The second-order valence-corrected chi connectivity index (χ2v) is 7.54. The van der Waals surface area contributed by atoms with Gasteiger partial charge in [0.15, 0.2) is 0 Å². The number of rotatable bonds is 6. The van der Waals surface area contributed by atoms with Crippen molar-refractivity contribution < 1.29 is 4.79 Å². The molecule has 2 N–H and O–H groups in total. The van der Waals surface area contributed by atoms with Gasteiger partial charge >= 0.3 is 0 Å². The van der Waals surface area contributed by atoms with Crippen LogP contribution < -0.4 is 0 Å². The van der Waals surface area contributed by atoms with Crippen LogP contribution in [0.4, 0.5) is 0 Å². The third kappa shape index (κ3) is 3.10. The van der Waals surface area contributed by atoms with Crippen molar-refractivity contribution in [1.29, 1.82) is 0 Å². The molecule has 2 atom stereocenters. The highest BCUT2D eigenvalue weighted by Gasteiger charge is 2.28. The Labute approximate surface area is 166 Å². The molecule has 2 aromatic heterocycles. The first-order valence-corrected chi connectivity index (χ1v) is 10.5. The van der Waals surface area contributed by atoms with Gasteiger partial charge in [0, 0.05) is 21.4 Å². The number of fused-ring (bicyclic) bond motifs is 2. The van der Waals surface area contributed by atoms with Crippen LogP contribution >= 0.6 is 31.9 Å². The van der Waals surface area contributed by atoms with E-state index in [1.54, 1.807) is 12.4 Å². The molecule has 0 aliphatic rings. The lowest BCUT2D eigenvalue weighted by molar-refractivity contribution is -0.121. The number of benzene rings is 2. The van der Waals surface area contributed by atoms with Gasteiger partial charge in [-0.1, -0.05) is 56.1 Å². The van der Waals surface area contributed by atoms with Crippen LogP contribution in [0.5, 0.6) is 0 Å². The zero-order valence-electron chi connectivity index (χ0n) is 13.7. The average Bonchev–Trinajstić information content (AvgIpc) is 3.31. The van der Waals surface area contributed by atoms with Crippen LogP contribution in [0.15, 0.2) is 48.8 Å². The molecule has 0 aliphatic heterocycles. The van der Waals surface area contributed by atoms with Gasteiger partial charge in [-0.25, -0.2) is 0 Å². The first-order valence-electron chi connectivity index (χ1n) is 8.23. The van der Waals surface area contributed by atoms with E-state index >= 15 is 0 Å². The number of Topliss-reactive ketones (excluding diaryl/α,β-unsaturated/α-hetero) is 1. The van der Waals surface area contributed by atoms with Gasteiger partial charge in [-0.2, -0.15) is 10.2 Å². The van der Waals surface area contributed by atoms with Crippen LogP contribution in [0.1, 0.15) is 23.0 Å². The first kappa shape index (κ1) is 17.4. The van der Waals surface area contributed by atoms with E-state index in [0.29, 0.717) is 10.7 Å². The van der Waals surface area contributed by atoms with E-state index in [1.807, 2.05) is 36.4 Å². The van der Waals surface area contributed by atoms with Crippen LogP contribution in [0.25, 0.3) is 21.8 Å². The van der Waals surface area contributed by atoms with Gasteiger partial charge in [0.25, 0.3) is 0 Å². The normalized spacial score (nSPS) is 13.9. The maximum absolute atomic E-state index is 13.3. The summed E-state index contributed by atoms with van der Waals surface area (Å²) >= 11 is 7.07. The molecule has 5 nitrogen and oxygen atoms in total. The highest BCUT2D eigenvalue weighted by atomic mass is 79.9. The number of nitrogens with one attached hydrogen (secondary N) is 2. The van der Waals surface area contributed by atoms with E-state index in [0.717, 1.165) is 32.9 Å². The van der Waals surface area contributed by atoms with Crippen molar-refractivity contribution in [3.8, 4) is 0 Å². The Morgan fingerprint density at radius 1 is 0.846 bits per heavy atom. The molecule has 0 fully saturated rings. The molecule has 7 heteroatoms. The maximum atomic E-state index is 13.3. The summed E-state index contributed by atoms with van der Waals surface area (Å²) in [5.74, 6) is -0.290. The van der Waals surface area contributed by atoms with Crippen LogP contribution in [-0.2, 0) is 4.79 Å². The van der Waals surface area contributed by atoms with Crippen LogP contribution in [0.2, 0.25) is 0 Å². The minimum absolute atomic E-state index is 0.177. The van der Waals surface area contributed by atoms with Crippen LogP contribution in [-0.4, -0.2) is 36.8 Å². The highest BCUT2D eigenvalue weighted by molar-refractivity contribution is 9.09. The predicted molar refractivity (Wildman–Crippen MR) is 110 cm³/mol. The summed E-state index contributed by atoms with van der Waals surface area (Å²) in [4.78, 5) is 13.3. The van der Waals surface area contributed by atoms with E-state index < -0.39 is 0 Å². The number of nitrogens with zero attached hydrogens (tertiary/aromatic N) is 2. The summed E-state index contributed by atoms with van der Waals surface area (Å²) in [6.07, 6.45) is 3.57. The number of aromatic nitrogens is 4. The maximum Gasteiger partial charge on any atom is 0.149 e. The fourth-order valence-electron chi connectivity index (χ4n) is 3.24. The molecule has 0 aliphatic carbocycles. The van der Waals surface area contributed by atoms with E-state index in [1.165, 1.54) is 0 Å². The summed E-state index contributed by atoms with van der Waals surface area (Å²) in [5.41, 5.74) is 3.85. The number of aromatic amines is 2. The quantitative estimate of drug-likeness (QED) is 0.398. The fourth-order valence-corrected chi connectivity index (χ4v) is 4.63. The lowest BCUT2D eigenvalue weighted by Crippen LogP contribution is -2.23. The average molecular weight is 476 g/mol. The summed E-state index contributed by atoms with van der Waals surface area (Å²) in [5, 5.41) is 17.3. The molecule has 2 unspecified atom stereocenters. The summed E-state index contributed by atoms with van der Waals surface area (Å²) in [6, 6.07) is 12.0. The Balaban J connectivity index is 1.69. The van der Waals surface area contributed by atoms with Crippen molar-refractivity contribution in [2.75, 3.05) is 10.7 Å². The number of hydrogen-bond donors (Lipinski definition) is 2. The summed E-state index contributed by atoms with van der Waals surface area (Å²) in [7, 11) is 0. The number of carbonyl (C=O) groups is 1. The predicted octanol–water partition coefficient (Wildman–Crippen LogP) is 4.67. The molecule has 2 heterocycles. The molecule has 0 radical (unpaired) electrons. The molecule has 2 aromatic carbocycles. The molecule has 4 rings (SSSR count). The topological polar surface area (TPSA) is 74.4 Å². The fraction of sp³-hybridized carbons (Fsp3) is 0.211. The zero-order valence-corrected chi connectivity index (χ0v) is 16.9. The Morgan fingerprint density at radius 3 is 1.73 bits per heavy atom. The van der Waals surface area contributed by atoms with Crippen molar-refractivity contribution in [2.45, 2.75) is 11.8 Å². The van der Waals surface area contributed by atoms with Gasteiger partial charge in [0.1, 0.15) is 5.78 Å². The molecule has 0 saturated heterocycles. The highest BCUT2D eigenvalue weighted by Crippen LogP contribution is 2.31. The Morgan fingerprint density at radius 2 is 1.31 bits per heavy atom. The molecule has 4 aromatic rings. The Bertz CT molecular complexity index is 987. The van der Waals surface area contributed by atoms with Crippen molar-refractivity contribution in [3.05, 3.63) is 59.9 Å². The van der Waals surface area contributed by atoms with Gasteiger partial charge in [0.05, 0.1) is 35.3 Å². The number of hydrogen-bond acceptors (Lipinski definition) is 3. The molecule has 0 bridgehead atoms. The van der Waals surface area contributed by atoms with E-state index in [2.05, 4.69) is 52.3 Å². The molecular formula is C19H16Br2N4O. The molecule has 0 spiro atoms. The lowest BCUT2D eigenvalue weighted by Gasteiger charge is -2.20. The van der Waals surface area contributed by atoms with Gasteiger partial charge in [-0.05, 0) is 23.3 Å². The largest absolute Gasteiger partial charge is 0.298 e.